The average molecular weight is 181 g/mol. The molecule has 0 fully saturated rings. The maximum Gasteiger partial charge on any atom is -0.0300 e. The van der Waals surface area contributed by atoms with Crippen LogP contribution < -0.4 is 0 Å². The minimum atomic E-state index is 0.771. The van der Waals surface area contributed by atoms with Crippen molar-refractivity contribution in [3.05, 3.63) is 19.1 Å². The van der Waals surface area contributed by atoms with Crippen molar-refractivity contribution < 1.29 is 0 Å². The van der Waals surface area contributed by atoms with Gasteiger partial charge in [-0.05, 0) is 25.2 Å². The summed E-state index contributed by atoms with van der Waals surface area (Å²) in [6.07, 6.45) is 8.84. The lowest BCUT2D eigenvalue weighted by Gasteiger charge is -2.07. The molecule has 0 aliphatic heterocycles. The summed E-state index contributed by atoms with van der Waals surface area (Å²) in [5.41, 5.74) is 1.43. The van der Waals surface area contributed by atoms with Gasteiger partial charge in [0.25, 0.3) is 0 Å². The van der Waals surface area contributed by atoms with E-state index in [4.69, 9.17) is 0 Å². The minimum absolute atomic E-state index is 0.771. The summed E-state index contributed by atoms with van der Waals surface area (Å²) in [5.74, 6) is 0.771. The smallest absolute Gasteiger partial charge is 0.0300 e. The standard InChI is InChI=1S/C13H25/c1-5-6-7-8-9-10-13(4)11-12(2)3/h12H,1,4-11H2,2-3H3. The molecule has 0 saturated carbocycles. The average Bonchev–Trinajstić information content (AvgIpc) is 2.02. The van der Waals surface area contributed by atoms with Crippen LogP contribution in [0.4, 0.5) is 0 Å². The first-order valence-electron chi connectivity index (χ1n) is 5.62. The first kappa shape index (κ1) is 12.7. The molecule has 0 N–H and O–H groups in total. The first-order chi connectivity index (χ1) is 6.16. The Morgan fingerprint density at radius 1 is 1.08 bits per heavy atom. The zero-order valence-corrected chi connectivity index (χ0v) is 9.44. The van der Waals surface area contributed by atoms with Gasteiger partial charge in [-0.2, -0.15) is 0 Å². The predicted octanol–water partition coefficient (Wildman–Crippen LogP) is 4.76. The van der Waals surface area contributed by atoms with Gasteiger partial charge < -0.3 is 0 Å². The molecule has 0 aliphatic rings. The minimum Gasteiger partial charge on any atom is -0.0999 e. The van der Waals surface area contributed by atoms with Crippen LogP contribution in [0.2, 0.25) is 0 Å². The molecule has 0 aromatic carbocycles. The molecule has 1 radical (unpaired) electrons. The summed E-state index contributed by atoms with van der Waals surface area (Å²) in [4.78, 5) is 0. The van der Waals surface area contributed by atoms with Gasteiger partial charge in [0.15, 0.2) is 0 Å². The summed E-state index contributed by atoms with van der Waals surface area (Å²) in [7, 11) is 0. The van der Waals surface area contributed by atoms with E-state index >= 15 is 0 Å². The molecule has 0 aromatic heterocycles. The normalized spacial score (nSPS) is 10.8. The molecule has 0 heteroatoms. The van der Waals surface area contributed by atoms with E-state index in [2.05, 4.69) is 27.4 Å². The maximum atomic E-state index is 4.10. The Morgan fingerprint density at radius 3 is 2.23 bits per heavy atom. The summed E-state index contributed by atoms with van der Waals surface area (Å²) >= 11 is 0. The molecular formula is C13H25. The van der Waals surface area contributed by atoms with Crippen LogP contribution in [0.1, 0.15) is 58.8 Å². The Kier molecular flexibility index (Phi) is 8.18. The highest BCUT2D eigenvalue weighted by Gasteiger charge is 1.98. The van der Waals surface area contributed by atoms with Gasteiger partial charge in [-0.1, -0.05) is 58.6 Å². The zero-order valence-electron chi connectivity index (χ0n) is 9.44. The third-order valence-corrected chi connectivity index (χ3v) is 2.23. The van der Waals surface area contributed by atoms with E-state index < -0.39 is 0 Å². The quantitative estimate of drug-likeness (QED) is 0.374. The number of unbranched alkanes of at least 4 members (excludes halogenated alkanes) is 4. The second kappa shape index (κ2) is 8.34. The van der Waals surface area contributed by atoms with E-state index in [9.17, 15) is 0 Å². The van der Waals surface area contributed by atoms with E-state index in [-0.39, 0.29) is 0 Å². The van der Waals surface area contributed by atoms with Crippen LogP contribution in [-0.2, 0) is 0 Å². The lowest BCUT2D eigenvalue weighted by atomic mass is 9.99. The van der Waals surface area contributed by atoms with Crippen molar-refractivity contribution >= 4 is 0 Å². The van der Waals surface area contributed by atoms with Crippen molar-refractivity contribution in [2.24, 2.45) is 5.92 Å². The monoisotopic (exact) mass is 181 g/mol. The maximum absolute atomic E-state index is 4.10. The Balaban J connectivity index is 3.17. The van der Waals surface area contributed by atoms with Crippen molar-refractivity contribution in [3.63, 3.8) is 0 Å². The van der Waals surface area contributed by atoms with Gasteiger partial charge in [0.05, 0.1) is 0 Å². The molecule has 0 atom stereocenters. The molecule has 0 heterocycles. The third-order valence-electron chi connectivity index (χ3n) is 2.23. The van der Waals surface area contributed by atoms with Crippen molar-refractivity contribution in [1.29, 1.82) is 0 Å². The fraction of sp³-hybridized carbons (Fsp3) is 0.769. The molecule has 0 spiro atoms. The number of rotatable bonds is 8. The molecule has 13 heavy (non-hydrogen) atoms. The second-order valence-electron chi connectivity index (χ2n) is 4.37. The lowest BCUT2D eigenvalue weighted by molar-refractivity contribution is 0.594. The van der Waals surface area contributed by atoms with Crippen LogP contribution in [0.15, 0.2) is 12.2 Å². The molecular weight excluding hydrogens is 156 g/mol. The van der Waals surface area contributed by atoms with E-state index in [1.54, 1.807) is 0 Å². The SMILES string of the molecule is [CH2]CCCCCCC(=C)CC(C)C. The molecule has 0 aromatic rings. The molecule has 0 aliphatic carbocycles. The van der Waals surface area contributed by atoms with Crippen molar-refractivity contribution in [2.45, 2.75) is 58.8 Å². The molecule has 0 amide bonds. The van der Waals surface area contributed by atoms with Crippen molar-refractivity contribution in [2.75, 3.05) is 0 Å². The number of hydrogen-bond acceptors (Lipinski definition) is 0. The van der Waals surface area contributed by atoms with Gasteiger partial charge in [-0.15, -0.1) is 0 Å². The fourth-order valence-corrected chi connectivity index (χ4v) is 1.58. The Hall–Kier alpha value is -0.260. The topological polar surface area (TPSA) is 0 Å². The molecule has 0 saturated heterocycles. The van der Waals surface area contributed by atoms with Crippen LogP contribution in [-0.4, -0.2) is 0 Å². The highest BCUT2D eigenvalue weighted by molar-refractivity contribution is 4.94. The van der Waals surface area contributed by atoms with E-state index in [1.807, 2.05) is 0 Å². The Bertz CT molecular complexity index is 122. The van der Waals surface area contributed by atoms with Crippen LogP contribution in [0, 0.1) is 12.8 Å². The summed E-state index contributed by atoms with van der Waals surface area (Å²) in [6, 6.07) is 0. The summed E-state index contributed by atoms with van der Waals surface area (Å²) < 4.78 is 0. The van der Waals surface area contributed by atoms with Gasteiger partial charge in [0.1, 0.15) is 0 Å². The molecule has 0 unspecified atom stereocenters. The van der Waals surface area contributed by atoms with Gasteiger partial charge >= 0.3 is 0 Å². The van der Waals surface area contributed by atoms with Crippen LogP contribution in [0.5, 0.6) is 0 Å². The first-order valence-corrected chi connectivity index (χ1v) is 5.62. The number of allylic oxidation sites excluding steroid dienone is 1. The van der Waals surface area contributed by atoms with Gasteiger partial charge in [-0.25, -0.2) is 0 Å². The van der Waals surface area contributed by atoms with E-state index in [1.165, 1.54) is 44.1 Å². The summed E-state index contributed by atoms with van der Waals surface area (Å²) in [6.45, 7) is 12.5. The van der Waals surface area contributed by atoms with E-state index in [0.29, 0.717) is 0 Å². The molecule has 0 nitrogen and oxygen atoms in total. The van der Waals surface area contributed by atoms with Crippen molar-refractivity contribution in [1.82, 2.24) is 0 Å². The van der Waals surface area contributed by atoms with Crippen LogP contribution >= 0.6 is 0 Å². The Morgan fingerprint density at radius 2 is 1.69 bits per heavy atom. The highest BCUT2D eigenvalue weighted by Crippen LogP contribution is 2.16. The van der Waals surface area contributed by atoms with Gasteiger partial charge in [0, 0.05) is 0 Å². The zero-order chi connectivity index (χ0) is 10.1. The van der Waals surface area contributed by atoms with E-state index in [0.717, 1.165) is 12.3 Å². The third kappa shape index (κ3) is 9.66. The van der Waals surface area contributed by atoms with Crippen molar-refractivity contribution in [3.8, 4) is 0 Å². The predicted molar refractivity (Wildman–Crippen MR) is 61.7 cm³/mol. The lowest BCUT2D eigenvalue weighted by Crippen LogP contribution is -1.90. The fourth-order valence-electron chi connectivity index (χ4n) is 1.58. The Labute approximate surface area is 84.4 Å². The largest absolute Gasteiger partial charge is 0.0999 e. The number of hydrogen-bond donors (Lipinski definition) is 0. The van der Waals surface area contributed by atoms with Crippen LogP contribution in [0.25, 0.3) is 0 Å². The molecule has 77 valence electrons. The molecule has 0 rings (SSSR count). The summed E-state index contributed by atoms with van der Waals surface area (Å²) in [5, 5.41) is 0. The highest BCUT2D eigenvalue weighted by atomic mass is 14.0. The second-order valence-corrected chi connectivity index (χ2v) is 4.37. The van der Waals surface area contributed by atoms with Gasteiger partial charge in [0.2, 0.25) is 0 Å². The van der Waals surface area contributed by atoms with Crippen LogP contribution in [0.3, 0.4) is 0 Å². The molecule has 0 bridgehead atoms. The van der Waals surface area contributed by atoms with Gasteiger partial charge in [-0.3, -0.25) is 0 Å².